The topological polar surface area (TPSA) is 92.7 Å². The van der Waals surface area contributed by atoms with Crippen LogP contribution in [0.4, 0.5) is 0 Å². The maximum absolute atomic E-state index is 12.5. The van der Waals surface area contributed by atoms with Crippen molar-refractivity contribution in [3.63, 3.8) is 0 Å². The zero-order chi connectivity index (χ0) is 16.9. The third-order valence-electron chi connectivity index (χ3n) is 3.42. The van der Waals surface area contributed by atoms with E-state index in [1.807, 2.05) is 6.92 Å². The third-order valence-corrected chi connectivity index (χ3v) is 5.04. The van der Waals surface area contributed by atoms with Crippen LogP contribution in [0.15, 0.2) is 17.0 Å². The van der Waals surface area contributed by atoms with Gasteiger partial charge in [0.1, 0.15) is 11.8 Å². The number of ether oxygens (including phenoxy) is 1. The quantitative estimate of drug-likeness (QED) is 0.763. The molecule has 22 heavy (non-hydrogen) atoms. The lowest BCUT2D eigenvalue weighted by molar-refractivity contribution is -0.139. The van der Waals surface area contributed by atoms with Gasteiger partial charge in [0.25, 0.3) is 0 Å². The fraction of sp³-hybridized carbons (Fsp3) is 0.533. The number of sulfonamides is 1. The molecule has 1 rings (SSSR count). The second-order valence-electron chi connectivity index (χ2n) is 5.24. The van der Waals surface area contributed by atoms with Gasteiger partial charge < -0.3 is 9.84 Å². The van der Waals surface area contributed by atoms with Gasteiger partial charge in [-0.15, -0.1) is 0 Å². The Balaban J connectivity index is 3.13. The number of rotatable bonds is 8. The van der Waals surface area contributed by atoms with Crippen molar-refractivity contribution in [2.24, 2.45) is 0 Å². The number of aliphatic carboxylic acids is 1. The van der Waals surface area contributed by atoms with Crippen molar-refractivity contribution < 1.29 is 23.1 Å². The van der Waals surface area contributed by atoms with E-state index in [1.165, 1.54) is 13.2 Å². The average Bonchev–Trinajstić information content (AvgIpc) is 2.44. The van der Waals surface area contributed by atoms with Gasteiger partial charge in [-0.1, -0.05) is 19.8 Å². The largest absolute Gasteiger partial charge is 0.496 e. The van der Waals surface area contributed by atoms with Crippen LogP contribution in [0, 0.1) is 13.8 Å². The lowest BCUT2D eigenvalue weighted by Gasteiger charge is -2.17. The van der Waals surface area contributed by atoms with Crippen molar-refractivity contribution in [1.82, 2.24) is 4.72 Å². The molecule has 0 aliphatic carbocycles. The van der Waals surface area contributed by atoms with Crippen molar-refractivity contribution in [1.29, 1.82) is 0 Å². The van der Waals surface area contributed by atoms with Crippen LogP contribution in [-0.4, -0.2) is 32.6 Å². The van der Waals surface area contributed by atoms with Crippen molar-refractivity contribution in [3.8, 4) is 5.75 Å². The molecule has 0 aromatic heterocycles. The van der Waals surface area contributed by atoms with Crippen molar-refractivity contribution in [3.05, 3.63) is 23.3 Å². The molecule has 1 aromatic rings. The highest BCUT2D eigenvalue weighted by Gasteiger charge is 2.26. The van der Waals surface area contributed by atoms with Crippen molar-refractivity contribution >= 4 is 16.0 Å². The molecule has 0 bridgehead atoms. The highest BCUT2D eigenvalue weighted by atomic mass is 32.2. The molecule has 1 aromatic carbocycles. The first-order valence-electron chi connectivity index (χ1n) is 7.13. The van der Waals surface area contributed by atoms with E-state index in [1.54, 1.807) is 19.9 Å². The molecule has 1 atom stereocenters. The molecule has 124 valence electrons. The number of hydrogen-bond donors (Lipinski definition) is 2. The summed E-state index contributed by atoms with van der Waals surface area (Å²) in [5.41, 5.74) is 1.18. The van der Waals surface area contributed by atoms with Crippen LogP contribution < -0.4 is 9.46 Å². The van der Waals surface area contributed by atoms with Gasteiger partial charge >= 0.3 is 5.97 Å². The number of benzene rings is 1. The number of carbonyl (C=O) groups is 1. The smallest absolute Gasteiger partial charge is 0.321 e. The minimum atomic E-state index is -3.90. The summed E-state index contributed by atoms with van der Waals surface area (Å²) < 4.78 is 32.4. The highest BCUT2D eigenvalue weighted by molar-refractivity contribution is 7.89. The van der Waals surface area contributed by atoms with Crippen LogP contribution in [0.3, 0.4) is 0 Å². The minimum Gasteiger partial charge on any atom is -0.496 e. The maximum Gasteiger partial charge on any atom is 0.321 e. The molecule has 0 heterocycles. The highest BCUT2D eigenvalue weighted by Crippen LogP contribution is 2.25. The lowest BCUT2D eigenvalue weighted by Crippen LogP contribution is -2.40. The first kappa shape index (κ1) is 18.4. The van der Waals surface area contributed by atoms with Crippen molar-refractivity contribution in [2.45, 2.75) is 51.0 Å². The first-order chi connectivity index (χ1) is 10.2. The molecule has 0 spiro atoms. The second kappa shape index (κ2) is 7.60. The van der Waals surface area contributed by atoms with Gasteiger partial charge in [-0.05, 0) is 43.5 Å². The van der Waals surface area contributed by atoms with E-state index in [0.29, 0.717) is 23.3 Å². The summed E-state index contributed by atoms with van der Waals surface area (Å²) in [6, 6.07) is 2.01. The number of carboxylic acid groups (broad SMARTS) is 1. The maximum atomic E-state index is 12.5. The Morgan fingerprint density at radius 3 is 2.45 bits per heavy atom. The SMILES string of the molecule is CCCCC(NS(=O)(=O)c1cc(C)c(OC)cc1C)C(=O)O. The molecule has 0 amide bonds. The summed E-state index contributed by atoms with van der Waals surface area (Å²) in [6.07, 6.45) is 1.70. The van der Waals surface area contributed by atoms with Gasteiger partial charge in [0, 0.05) is 0 Å². The average molecular weight is 329 g/mol. The van der Waals surface area contributed by atoms with Crippen LogP contribution in [0.1, 0.15) is 37.3 Å². The molecule has 0 aliphatic rings. The Hall–Kier alpha value is -1.60. The van der Waals surface area contributed by atoms with E-state index in [9.17, 15) is 13.2 Å². The van der Waals surface area contributed by atoms with E-state index in [4.69, 9.17) is 9.84 Å². The van der Waals surface area contributed by atoms with Gasteiger partial charge in [-0.3, -0.25) is 4.79 Å². The number of nitrogens with one attached hydrogen (secondary N) is 1. The van der Waals surface area contributed by atoms with Gasteiger partial charge in [-0.25, -0.2) is 8.42 Å². The molecule has 0 radical (unpaired) electrons. The number of hydrogen-bond acceptors (Lipinski definition) is 4. The molecule has 1 unspecified atom stereocenters. The molecule has 0 saturated heterocycles. The first-order valence-corrected chi connectivity index (χ1v) is 8.61. The summed E-state index contributed by atoms with van der Waals surface area (Å²) in [5.74, 6) is -0.572. The summed E-state index contributed by atoms with van der Waals surface area (Å²) >= 11 is 0. The van der Waals surface area contributed by atoms with Crippen LogP contribution in [0.2, 0.25) is 0 Å². The number of aryl methyl sites for hydroxylation is 2. The second-order valence-corrected chi connectivity index (χ2v) is 6.92. The van der Waals surface area contributed by atoms with E-state index >= 15 is 0 Å². The molecule has 0 fully saturated rings. The van der Waals surface area contributed by atoms with Crippen molar-refractivity contribution in [2.75, 3.05) is 7.11 Å². The molecule has 6 nitrogen and oxygen atoms in total. The Morgan fingerprint density at radius 1 is 1.32 bits per heavy atom. The van der Waals surface area contributed by atoms with Gasteiger partial charge in [0.15, 0.2) is 0 Å². The predicted octanol–water partition coefficient (Wildman–Crippen LogP) is 2.23. The zero-order valence-corrected chi connectivity index (χ0v) is 14.2. The zero-order valence-electron chi connectivity index (χ0n) is 13.3. The normalized spacial score (nSPS) is 12.9. The summed E-state index contributed by atoms with van der Waals surface area (Å²) in [4.78, 5) is 11.3. The summed E-state index contributed by atoms with van der Waals surface area (Å²) in [6.45, 7) is 5.31. The third kappa shape index (κ3) is 4.45. The Morgan fingerprint density at radius 2 is 1.95 bits per heavy atom. The fourth-order valence-corrected chi connectivity index (χ4v) is 3.70. The monoisotopic (exact) mass is 329 g/mol. The Bertz CT molecular complexity index is 640. The Kier molecular flexibility index (Phi) is 6.37. The van der Waals surface area contributed by atoms with Crippen LogP contribution >= 0.6 is 0 Å². The minimum absolute atomic E-state index is 0.0774. The van der Waals surface area contributed by atoms with E-state index in [-0.39, 0.29) is 11.3 Å². The molecule has 0 saturated carbocycles. The predicted molar refractivity (Wildman–Crippen MR) is 83.7 cm³/mol. The molecule has 7 heteroatoms. The van der Waals surface area contributed by atoms with Gasteiger partial charge in [0.05, 0.1) is 12.0 Å². The number of methoxy groups -OCH3 is 1. The molecular formula is C15H23NO5S. The van der Waals surface area contributed by atoms with E-state index in [2.05, 4.69) is 4.72 Å². The molecular weight excluding hydrogens is 306 g/mol. The molecule has 0 aliphatic heterocycles. The lowest BCUT2D eigenvalue weighted by atomic mass is 10.1. The van der Waals surface area contributed by atoms with Gasteiger partial charge in [-0.2, -0.15) is 4.72 Å². The van der Waals surface area contributed by atoms with Crippen LogP contribution in [0.5, 0.6) is 5.75 Å². The van der Waals surface area contributed by atoms with E-state index < -0.39 is 22.0 Å². The summed E-state index contributed by atoms with van der Waals surface area (Å²) in [7, 11) is -2.39. The Labute approximate surface area is 131 Å². The standard InChI is InChI=1S/C15H23NO5S/c1-5-6-7-12(15(17)18)16-22(19,20)14-9-10(2)13(21-4)8-11(14)3/h8-9,12,16H,5-7H2,1-4H3,(H,17,18). The van der Waals surface area contributed by atoms with Gasteiger partial charge in [0.2, 0.25) is 10.0 Å². The van der Waals surface area contributed by atoms with Crippen LogP contribution in [0.25, 0.3) is 0 Å². The fourth-order valence-electron chi connectivity index (χ4n) is 2.16. The van der Waals surface area contributed by atoms with E-state index in [0.717, 1.165) is 6.42 Å². The van der Waals surface area contributed by atoms with Crippen LogP contribution in [-0.2, 0) is 14.8 Å². The number of carboxylic acids is 1. The molecule has 2 N–H and O–H groups in total. The number of unbranched alkanes of at least 4 members (excludes halogenated alkanes) is 1. The summed E-state index contributed by atoms with van der Waals surface area (Å²) in [5, 5.41) is 9.17.